The van der Waals surface area contributed by atoms with Gasteiger partial charge in [0.25, 0.3) is 0 Å². The largest absolute Gasteiger partial charge is 0.496 e. The molecule has 1 aromatic heterocycles. The summed E-state index contributed by atoms with van der Waals surface area (Å²) in [4.78, 5) is 12.1. The van der Waals surface area contributed by atoms with Crippen LogP contribution in [0.4, 0.5) is 11.6 Å². The van der Waals surface area contributed by atoms with Crippen LogP contribution in [0.1, 0.15) is 30.7 Å². The van der Waals surface area contributed by atoms with Crippen molar-refractivity contribution in [3.8, 4) is 5.75 Å². The molecule has 3 N–H and O–H groups in total. The van der Waals surface area contributed by atoms with Crippen LogP contribution in [-0.2, 0) is 4.79 Å². The number of nitrogens with two attached hydrogens (primary N) is 1. The van der Waals surface area contributed by atoms with Gasteiger partial charge in [0.15, 0.2) is 0 Å². The summed E-state index contributed by atoms with van der Waals surface area (Å²) >= 11 is 0. The maximum atomic E-state index is 12.1. The van der Waals surface area contributed by atoms with E-state index in [1.807, 2.05) is 24.3 Å². The molecule has 1 aliphatic rings. The van der Waals surface area contributed by atoms with E-state index in [4.69, 9.17) is 10.5 Å². The van der Waals surface area contributed by atoms with Crippen molar-refractivity contribution in [3.05, 3.63) is 29.8 Å². The summed E-state index contributed by atoms with van der Waals surface area (Å²) in [6.45, 7) is 0. The summed E-state index contributed by atoms with van der Waals surface area (Å²) < 4.78 is 9.97. The van der Waals surface area contributed by atoms with Crippen LogP contribution in [0.2, 0.25) is 0 Å². The first kappa shape index (κ1) is 14.4. The van der Waals surface area contributed by atoms with Crippen LogP contribution in [-0.4, -0.2) is 29.2 Å². The molecule has 0 amide bonds. The van der Waals surface area contributed by atoms with E-state index in [9.17, 15) is 4.79 Å². The lowest BCUT2D eigenvalue weighted by atomic mass is 9.80. The maximum absolute atomic E-state index is 12.1. The fourth-order valence-electron chi connectivity index (χ4n) is 2.98. The van der Waals surface area contributed by atoms with Crippen molar-refractivity contribution < 1.29 is 14.2 Å². The molecule has 0 saturated heterocycles. The average molecular weight is 302 g/mol. The summed E-state index contributed by atoms with van der Waals surface area (Å²) in [7, 11) is 1.64. The van der Waals surface area contributed by atoms with Crippen molar-refractivity contribution in [3.63, 3.8) is 0 Å². The number of benzene rings is 1. The molecule has 1 aliphatic carbocycles. The van der Waals surface area contributed by atoms with Gasteiger partial charge in [0.1, 0.15) is 11.5 Å². The number of aromatic nitrogens is 2. The van der Waals surface area contributed by atoms with E-state index in [2.05, 4.69) is 20.3 Å². The van der Waals surface area contributed by atoms with Gasteiger partial charge in [-0.3, -0.25) is 4.79 Å². The molecule has 2 atom stereocenters. The third-order valence-corrected chi connectivity index (χ3v) is 3.95. The molecule has 1 fully saturated rings. The monoisotopic (exact) mass is 302 g/mol. The molecule has 7 nitrogen and oxygen atoms in total. The highest BCUT2D eigenvalue weighted by Crippen LogP contribution is 2.37. The Morgan fingerprint density at radius 2 is 2.14 bits per heavy atom. The van der Waals surface area contributed by atoms with E-state index in [0.717, 1.165) is 17.7 Å². The minimum absolute atomic E-state index is 0.0506. The number of Topliss-reactive ketones (excluding diaryl/α,β-unsaturated/α-hetero) is 1. The SMILES string of the molecule is COc1ccccc1[C@@H]1CC(=O)C[C@H](Nc2nonc2N)C1. The van der Waals surface area contributed by atoms with E-state index >= 15 is 0 Å². The van der Waals surface area contributed by atoms with Crippen molar-refractivity contribution in [1.29, 1.82) is 0 Å². The first-order chi connectivity index (χ1) is 10.7. The predicted molar refractivity (Wildman–Crippen MR) is 80.7 cm³/mol. The third-order valence-electron chi connectivity index (χ3n) is 3.95. The van der Waals surface area contributed by atoms with Gasteiger partial charge >= 0.3 is 0 Å². The predicted octanol–water partition coefficient (Wildman–Crippen LogP) is 1.98. The molecule has 1 saturated carbocycles. The molecular formula is C15H18N4O3. The summed E-state index contributed by atoms with van der Waals surface area (Å²) in [5.41, 5.74) is 6.70. The highest BCUT2D eigenvalue weighted by Gasteiger charge is 2.30. The number of carbonyl (C=O) groups excluding carboxylic acids is 1. The fraction of sp³-hybridized carbons (Fsp3) is 0.400. The molecule has 2 aromatic rings. The maximum Gasteiger partial charge on any atom is 0.215 e. The van der Waals surface area contributed by atoms with E-state index in [-0.39, 0.29) is 23.6 Å². The number of hydrogen-bond donors (Lipinski definition) is 2. The highest BCUT2D eigenvalue weighted by molar-refractivity contribution is 5.81. The third kappa shape index (κ3) is 2.88. The van der Waals surface area contributed by atoms with Crippen LogP contribution >= 0.6 is 0 Å². The number of nitrogens with zero attached hydrogens (tertiary/aromatic N) is 2. The van der Waals surface area contributed by atoms with Crippen molar-refractivity contribution in [2.45, 2.75) is 31.2 Å². The second-order valence-corrected chi connectivity index (χ2v) is 5.46. The van der Waals surface area contributed by atoms with Crippen molar-refractivity contribution in [1.82, 2.24) is 10.3 Å². The number of rotatable bonds is 4. The fourth-order valence-corrected chi connectivity index (χ4v) is 2.98. The lowest BCUT2D eigenvalue weighted by Crippen LogP contribution is -2.32. The molecule has 22 heavy (non-hydrogen) atoms. The zero-order chi connectivity index (χ0) is 15.5. The molecule has 0 bridgehead atoms. The standard InChI is InChI=1S/C15H18N4O3/c1-21-13-5-3-2-4-12(13)9-6-10(8-11(20)7-9)17-15-14(16)18-22-19-15/h2-5,9-10H,6-8H2,1H3,(H2,16,18)(H,17,19)/t9-,10+/m0/s1. The van der Waals surface area contributed by atoms with Crippen LogP contribution in [0.15, 0.2) is 28.9 Å². The van der Waals surface area contributed by atoms with Gasteiger partial charge in [0.05, 0.1) is 7.11 Å². The van der Waals surface area contributed by atoms with Crippen molar-refractivity contribution in [2.24, 2.45) is 0 Å². The Kier molecular flexibility index (Phi) is 3.95. The first-order valence-electron chi connectivity index (χ1n) is 7.16. The van der Waals surface area contributed by atoms with Gasteiger partial charge in [-0.25, -0.2) is 4.63 Å². The Hall–Kier alpha value is -2.57. The van der Waals surface area contributed by atoms with Crippen LogP contribution in [0.5, 0.6) is 5.75 Å². The van der Waals surface area contributed by atoms with Gasteiger partial charge in [-0.1, -0.05) is 18.2 Å². The molecule has 116 valence electrons. The van der Waals surface area contributed by atoms with E-state index in [1.54, 1.807) is 7.11 Å². The molecule has 0 spiro atoms. The normalized spacial score (nSPS) is 21.6. The Balaban J connectivity index is 1.79. The van der Waals surface area contributed by atoms with Gasteiger partial charge in [0, 0.05) is 18.9 Å². The number of ketones is 1. The molecular weight excluding hydrogens is 284 g/mol. The lowest BCUT2D eigenvalue weighted by Gasteiger charge is -2.29. The Morgan fingerprint density at radius 3 is 2.86 bits per heavy atom. The van der Waals surface area contributed by atoms with Gasteiger partial charge in [-0.05, 0) is 34.3 Å². The molecule has 7 heteroatoms. The molecule has 1 heterocycles. The summed E-state index contributed by atoms with van der Waals surface area (Å²) in [5.74, 6) is 1.71. The molecule has 3 rings (SSSR count). The Labute approximate surface area is 127 Å². The Bertz CT molecular complexity index is 670. The highest BCUT2D eigenvalue weighted by atomic mass is 16.6. The van der Waals surface area contributed by atoms with Crippen LogP contribution in [0.3, 0.4) is 0 Å². The second kappa shape index (κ2) is 6.05. The number of anilines is 2. The molecule has 0 radical (unpaired) electrons. The summed E-state index contributed by atoms with van der Waals surface area (Å²) in [5, 5.41) is 10.4. The van der Waals surface area contributed by atoms with Crippen LogP contribution in [0.25, 0.3) is 0 Å². The number of nitrogen functional groups attached to an aromatic ring is 1. The Morgan fingerprint density at radius 1 is 1.32 bits per heavy atom. The van der Waals surface area contributed by atoms with E-state index in [1.165, 1.54) is 0 Å². The number of nitrogens with one attached hydrogen (secondary N) is 1. The van der Waals surface area contributed by atoms with Crippen molar-refractivity contribution >= 4 is 17.4 Å². The molecule has 0 unspecified atom stereocenters. The summed E-state index contributed by atoms with van der Waals surface area (Å²) in [6.07, 6.45) is 1.75. The number of para-hydroxylation sites is 1. The van der Waals surface area contributed by atoms with Gasteiger partial charge < -0.3 is 15.8 Å². The zero-order valence-electron chi connectivity index (χ0n) is 12.3. The molecule has 1 aromatic carbocycles. The van der Waals surface area contributed by atoms with Crippen LogP contribution in [0, 0.1) is 0 Å². The van der Waals surface area contributed by atoms with Crippen molar-refractivity contribution in [2.75, 3.05) is 18.2 Å². The summed E-state index contributed by atoms with van der Waals surface area (Å²) in [6, 6.07) is 7.75. The van der Waals surface area contributed by atoms with Gasteiger partial charge in [-0.2, -0.15) is 0 Å². The topological polar surface area (TPSA) is 103 Å². The van der Waals surface area contributed by atoms with Gasteiger partial charge in [0.2, 0.25) is 11.6 Å². The zero-order valence-corrected chi connectivity index (χ0v) is 12.3. The van der Waals surface area contributed by atoms with E-state index in [0.29, 0.717) is 18.7 Å². The molecule has 0 aliphatic heterocycles. The number of methoxy groups -OCH3 is 1. The van der Waals surface area contributed by atoms with E-state index < -0.39 is 0 Å². The average Bonchev–Trinajstić information content (AvgIpc) is 2.92. The second-order valence-electron chi connectivity index (χ2n) is 5.46. The van der Waals surface area contributed by atoms with Crippen LogP contribution < -0.4 is 15.8 Å². The number of ether oxygens (including phenoxy) is 1. The minimum Gasteiger partial charge on any atom is -0.496 e. The first-order valence-corrected chi connectivity index (χ1v) is 7.16. The lowest BCUT2D eigenvalue weighted by molar-refractivity contribution is -0.120. The number of hydrogen-bond acceptors (Lipinski definition) is 7. The minimum atomic E-state index is -0.0506. The van der Waals surface area contributed by atoms with Gasteiger partial charge in [-0.15, -0.1) is 0 Å². The quantitative estimate of drug-likeness (QED) is 0.890. The number of carbonyl (C=O) groups is 1. The smallest absolute Gasteiger partial charge is 0.215 e.